The summed E-state index contributed by atoms with van der Waals surface area (Å²) < 4.78 is 0. The first-order valence-corrected chi connectivity index (χ1v) is 9.12. The third kappa shape index (κ3) is 3.26. The van der Waals surface area contributed by atoms with Crippen molar-refractivity contribution in [3.05, 3.63) is 41.2 Å². The second-order valence-electron chi connectivity index (χ2n) is 6.93. The summed E-state index contributed by atoms with van der Waals surface area (Å²) in [6.45, 7) is 1.59. The van der Waals surface area contributed by atoms with Gasteiger partial charge in [0.2, 0.25) is 0 Å². The van der Waals surface area contributed by atoms with Crippen LogP contribution in [0.3, 0.4) is 0 Å². The number of aromatic amines is 1. The number of aliphatic hydroxyl groups is 1. The molecule has 1 fully saturated rings. The standard InChI is InChI=1S/C19H24N4O2/c24-13-9-11-23(12-10-13)17-8-4-3-7-16(17)20-19(25)18-14-5-1-2-6-15(14)21-22-18/h3-4,7-8,13,24H,1-2,5-6,9-12H2,(H,20,25)(H,21,22). The highest BCUT2D eigenvalue weighted by Crippen LogP contribution is 2.29. The van der Waals surface area contributed by atoms with E-state index in [1.807, 2.05) is 24.3 Å². The zero-order valence-electron chi connectivity index (χ0n) is 14.3. The smallest absolute Gasteiger partial charge is 0.276 e. The highest BCUT2D eigenvalue weighted by Gasteiger charge is 2.24. The fourth-order valence-electron chi connectivity index (χ4n) is 3.81. The number of H-pyrrole nitrogens is 1. The lowest BCUT2D eigenvalue weighted by Crippen LogP contribution is -2.36. The number of hydrogen-bond donors (Lipinski definition) is 3. The van der Waals surface area contributed by atoms with Crippen LogP contribution in [0.1, 0.15) is 47.4 Å². The molecule has 3 N–H and O–H groups in total. The van der Waals surface area contributed by atoms with Crippen LogP contribution in [0.15, 0.2) is 24.3 Å². The summed E-state index contributed by atoms with van der Waals surface area (Å²) >= 11 is 0. The van der Waals surface area contributed by atoms with Gasteiger partial charge in [-0.25, -0.2) is 0 Å². The Morgan fingerprint density at radius 2 is 1.96 bits per heavy atom. The van der Waals surface area contributed by atoms with Crippen molar-refractivity contribution in [2.45, 2.75) is 44.6 Å². The first-order chi connectivity index (χ1) is 12.2. The minimum atomic E-state index is -0.214. The molecule has 2 aliphatic rings. The number of aliphatic hydroxyl groups excluding tert-OH is 1. The molecule has 0 radical (unpaired) electrons. The third-order valence-electron chi connectivity index (χ3n) is 5.23. The molecule has 4 rings (SSSR count). The van der Waals surface area contributed by atoms with E-state index >= 15 is 0 Å². The number of piperidine rings is 1. The summed E-state index contributed by atoms with van der Waals surface area (Å²) in [5.74, 6) is -0.149. The molecule has 2 heterocycles. The third-order valence-corrected chi connectivity index (χ3v) is 5.23. The second kappa shape index (κ2) is 6.88. The zero-order valence-corrected chi connectivity index (χ0v) is 14.3. The van der Waals surface area contributed by atoms with Crippen LogP contribution in [0.4, 0.5) is 11.4 Å². The Balaban J connectivity index is 1.55. The molecule has 1 aliphatic carbocycles. The van der Waals surface area contributed by atoms with E-state index in [9.17, 15) is 9.90 Å². The molecule has 6 nitrogen and oxygen atoms in total. The Hall–Kier alpha value is -2.34. The van der Waals surface area contributed by atoms with Crippen molar-refractivity contribution in [3.8, 4) is 0 Å². The van der Waals surface area contributed by atoms with E-state index < -0.39 is 0 Å². The molecular formula is C19H24N4O2. The number of fused-ring (bicyclic) bond motifs is 1. The predicted octanol–water partition coefficient (Wildman–Crippen LogP) is 2.50. The number of carbonyl (C=O) groups is 1. The van der Waals surface area contributed by atoms with Crippen molar-refractivity contribution in [3.63, 3.8) is 0 Å². The SMILES string of the molecule is O=C(Nc1ccccc1N1CCC(O)CC1)c1n[nH]c2c1CCCC2. The van der Waals surface area contributed by atoms with Crippen molar-refractivity contribution in [1.82, 2.24) is 10.2 Å². The van der Waals surface area contributed by atoms with Crippen molar-refractivity contribution in [2.24, 2.45) is 0 Å². The Kier molecular flexibility index (Phi) is 4.44. The van der Waals surface area contributed by atoms with Crippen molar-refractivity contribution < 1.29 is 9.90 Å². The zero-order chi connectivity index (χ0) is 17.2. The fourth-order valence-corrected chi connectivity index (χ4v) is 3.81. The summed E-state index contributed by atoms with van der Waals surface area (Å²) in [6.07, 6.45) is 5.46. The molecule has 25 heavy (non-hydrogen) atoms. The van der Waals surface area contributed by atoms with E-state index in [2.05, 4.69) is 20.4 Å². The lowest BCUT2D eigenvalue weighted by Gasteiger charge is -2.32. The molecule has 0 bridgehead atoms. The summed E-state index contributed by atoms with van der Waals surface area (Å²) in [5.41, 5.74) is 4.51. The van der Waals surface area contributed by atoms with E-state index in [4.69, 9.17) is 0 Å². The minimum absolute atomic E-state index is 0.149. The number of nitrogens with zero attached hydrogens (tertiary/aromatic N) is 2. The van der Waals surface area contributed by atoms with E-state index in [1.165, 1.54) is 0 Å². The summed E-state index contributed by atoms with van der Waals surface area (Å²) in [6, 6.07) is 7.86. The normalized spacial score (nSPS) is 18.0. The molecule has 132 valence electrons. The molecule has 1 aliphatic heterocycles. The lowest BCUT2D eigenvalue weighted by atomic mass is 9.96. The molecule has 1 aromatic carbocycles. The van der Waals surface area contributed by atoms with Crippen molar-refractivity contribution in [2.75, 3.05) is 23.3 Å². The molecule has 1 aromatic heterocycles. The number of aromatic nitrogens is 2. The van der Waals surface area contributed by atoms with Gasteiger partial charge in [0.1, 0.15) is 0 Å². The number of hydrogen-bond acceptors (Lipinski definition) is 4. The minimum Gasteiger partial charge on any atom is -0.393 e. The summed E-state index contributed by atoms with van der Waals surface area (Å²) in [5, 5.41) is 20.1. The molecule has 0 saturated carbocycles. The highest BCUT2D eigenvalue weighted by molar-refractivity contribution is 6.05. The quantitative estimate of drug-likeness (QED) is 0.802. The van der Waals surface area contributed by atoms with Crippen LogP contribution in [0.2, 0.25) is 0 Å². The molecule has 0 spiro atoms. The van der Waals surface area contributed by atoms with Crippen LogP contribution in [0.5, 0.6) is 0 Å². The average molecular weight is 340 g/mol. The topological polar surface area (TPSA) is 81.2 Å². The number of aryl methyl sites for hydroxylation is 1. The van der Waals surface area contributed by atoms with Crippen LogP contribution in [-0.4, -0.2) is 40.4 Å². The van der Waals surface area contributed by atoms with Gasteiger partial charge in [-0.15, -0.1) is 0 Å². The summed E-state index contributed by atoms with van der Waals surface area (Å²) in [4.78, 5) is 15.0. The largest absolute Gasteiger partial charge is 0.393 e. The monoisotopic (exact) mass is 340 g/mol. The van der Waals surface area contributed by atoms with Gasteiger partial charge in [0, 0.05) is 24.3 Å². The van der Waals surface area contributed by atoms with Crippen LogP contribution in [0.25, 0.3) is 0 Å². The Labute approximate surface area is 147 Å². The maximum Gasteiger partial charge on any atom is 0.276 e. The van der Waals surface area contributed by atoms with Gasteiger partial charge in [-0.3, -0.25) is 9.89 Å². The number of para-hydroxylation sites is 2. The van der Waals surface area contributed by atoms with Gasteiger partial charge in [-0.05, 0) is 50.7 Å². The number of anilines is 2. The maximum absolute atomic E-state index is 12.8. The fraction of sp³-hybridized carbons (Fsp3) is 0.474. The van der Waals surface area contributed by atoms with Crippen LogP contribution in [-0.2, 0) is 12.8 Å². The van der Waals surface area contributed by atoms with Gasteiger partial charge < -0.3 is 15.3 Å². The summed E-state index contributed by atoms with van der Waals surface area (Å²) in [7, 11) is 0. The average Bonchev–Trinajstić information content (AvgIpc) is 3.07. The van der Waals surface area contributed by atoms with Crippen LogP contribution < -0.4 is 10.2 Å². The highest BCUT2D eigenvalue weighted by atomic mass is 16.3. The van der Waals surface area contributed by atoms with Crippen molar-refractivity contribution >= 4 is 17.3 Å². The van der Waals surface area contributed by atoms with Gasteiger partial charge in [0.25, 0.3) is 5.91 Å². The van der Waals surface area contributed by atoms with E-state index in [0.717, 1.165) is 74.2 Å². The van der Waals surface area contributed by atoms with Gasteiger partial charge in [-0.1, -0.05) is 12.1 Å². The number of amides is 1. The van der Waals surface area contributed by atoms with Gasteiger partial charge in [0.05, 0.1) is 17.5 Å². The predicted molar refractivity (Wildman–Crippen MR) is 97.1 cm³/mol. The number of rotatable bonds is 3. The first-order valence-electron chi connectivity index (χ1n) is 9.12. The maximum atomic E-state index is 12.8. The second-order valence-corrected chi connectivity index (χ2v) is 6.93. The number of nitrogens with one attached hydrogen (secondary N) is 2. The Morgan fingerprint density at radius 3 is 2.80 bits per heavy atom. The van der Waals surface area contributed by atoms with Gasteiger partial charge >= 0.3 is 0 Å². The first kappa shape index (κ1) is 16.1. The Morgan fingerprint density at radius 1 is 1.20 bits per heavy atom. The Bertz CT molecular complexity index is 763. The lowest BCUT2D eigenvalue weighted by molar-refractivity contribution is 0.102. The van der Waals surface area contributed by atoms with E-state index in [0.29, 0.717) is 5.69 Å². The van der Waals surface area contributed by atoms with Crippen LogP contribution >= 0.6 is 0 Å². The molecule has 0 unspecified atom stereocenters. The molecule has 2 aromatic rings. The van der Waals surface area contributed by atoms with Crippen molar-refractivity contribution in [1.29, 1.82) is 0 Å². The van der Waals surface area contributed by atoms with Gasteiger partial charge in [-0.2, -0.15) is 5.10 Å². The molecule has 6 heteroatoms. The van der Waals surface area contributed by atoms with E-state index in [-0.39, 0.29) is 12.0 Å². The molecule has 1 saturated heterocycles. The molecule has 0 atom stereocenters. The molecule has 1 amide bonds. The number of benzene rings is 1. The van der Waals surface area contributed by atoms with E-state index in [1.54, 1.807) is 0 Å². The van der Waals surface area contributed by atoms with Gasteiger partial charge in [0.15, 0.2) is 5.69 Å². The van der Waals surface area contributed by atoms with Crippen LogP contribution in [0, 0.1) is 0 Å². The number of carbonyl (C=O) groups excluding carboxylic acids is 1. The molecular weight excluding hydrogens is 316 g/mol.